The van der Waals surface area contributed by atoms with E-state index in [4.69, 9.17) is 20.6 Å². The molecular weight excluding hydrogens is 324 g/mol. The fourth-order valence-electron chi connectivity index (χ4n) is 1.73. The quantitative estimate of drug-likeness (QED) is 0.176. The molecule has 136 valence electrons. The molecule has 0 saturated carbocycles. The van der Waals surface area contributed by atoms with Gasteiger partial charge in [-0.3, -0.25) is 4.79 Å². The molecule has 0 aromatic heterocycles. The molecule has 0 saturated heterocycles. The van der Waals surface area contributed by atoms with Crippen LogP contribution in [0.2, 0.25) is 0 Å². The monoisotopic (exact) mass is 354 g/mol. The van der Waals surface area contributed by atoms with Crippen LogP contribution < -0.4 is 0 Å². The van der Waals surface area contributed by atoms with Gasteiger partial charge in [-0.25, -0.2) is 0 Å². The van der Waals surface area contributed by atoms with Gasteiger partial charge in [0.25, 0.3) is 0 Å². The second kappa shape index (κ2) is 13.9. The third-order valence-corrected chi connectivity index (χ3v) is 3.69. The molecule has 5 heteroatoms. The fraction of sp³-hybridized carbons (Fsp3) is 0.632. The summed E-state index contributed by atoms with van der Waals surface area (Å²) in [5.74, 6) is 3.41. The van der Waals surface area contributed by atoms with Gasteiger partial charge in [-0.05, 0) is 37.8 Å². The number of allylic oxidation sites excluding steroid dienone is 2. The van der Waals surface area contributed by atoms with Gasteiger partial charge in [0.1, 0.15) is 12.2 Å². The Morgan fingerprint density at radius 3 is 2.71 bits per heavy atom. The Kier molecular flexibility index (Phi) is 13.0. The number of rotatable bonds is 13. The lowest BCUT2D eigenvalue weighted by Gasteiger charge is -2.29. The largest absolute Gasteiger partial charge is 0.501 e. The third kappa shape index (κ3) is 11.1. The molecule has 0 N–H and O–H groups in total. The van der Waals surface area contributed by atoms with E-state index in [2.05, 4.69) is 32.4 Å². The maximum Gasteiger partial charge on any atom is 0.306 e. The molecule has 0 aliphatic heterocycles. The van der Waals surface area contributed by atoms with E-state index in [0.29, 0.717) is 31.0 Å². The van der Waals surface area contributed by atoms with Gasteiger partial charge < -0.3 is 14.2 Å². The Hall–Kier alpha value is -1.54. The SMILES string of the molecule is C#C/C(=C\CCC)O[C@@](C)(CC)CCO/C=C\COC(=O)CCS. The van der Waals surface area contributed by atoms with Crippen molar-refractivity contribution < 1.29 is 19.0 Å². The number of hydrogen-bond donors (Lipinski definition) is 1. The highest BCUT2D eigenvalue weighted by atomic mass is 32.1. The predicted octanol–water partition coefficient (Wildman–Crippen LogP) is 4.27. The van der Waals surface area contributed by atoms with Gasteiger partial charge in [0.05, 0.1) is 19.3 Å². The molecule has 0 bridgehead atoms. The molecule has 0 aromatic carbocycles. The van der Waals surface area contributed by atoms with Crippen LogP contribution in [-0.2, 0) is 19.0 Å². The Bertz CT molecular complexity index is 451. The maximum absolute atomic E-state index is 11.1. The van der Waals surface area contributed by atoms with E-state index in [1.54, 1.807) is 12.3 Å². The Balaban J connectivity index is 4.16. The van der Waals surface area contributed by atoms with Gasteiger partial charge >= 0.3 is 5.97 Å². The van der Waals surface area contributed by atoms with E-state index in [1.807, 2.05) is 13.0 Å². The second-order valence-electron chi connectivity index (χ2n) is 5.56. The van der Waals surface area contributed by atoms with Crippen LogP contribution in [0.3, 0.4) is 0 Å². The first-order valence-electron chi connectivity index (χ1n) is 8.40. The van der Waals surface area contributed by atoms with E-state index in [-0.39, 0.29) is 18.2 Å². The lowest BCUT2D eigenvalue weighted by Crippen LogP contribution is -2.29. The molecule has 0 unspecified atom stereocenters. The molecule has 0 heterocycles. The van der Waals surface area contributed by atoms with Crippen LogP contribution in [0.1, 0.15) is 52.9 Å². The van der Waals surface area contributed by atoms with Crippen LogP contribution in [0.15, 0.2) is 24.2 Å². The highest BCUT2D eigenvalue weighted by Crippen LogP contribution is 2.23. The van der Waals surface area contributed by atoms with Crippen molar-refractivity contribution in [2.75, 3.05) is 19.0 Å². The first-order valence-corrected chi connectivity index (χ1v) is 9.03. The van der Waals surface area contributed by atoms with Gasteiger partial charge in [-0.1, -0.05) is 20.3 Å². The van der Waals surface area contributed by atoms with E-state index in [1.165, 1.54) is 0 Å². The summed E-state index contributed by atoms with van der Waals surface area (Å²) in [6.07, 6.45) is 14.4. The Labute approximate surface area is 152 Å². The van der Waals surface area contributed by atoms with Crippen LogP contribution in [0, 0.1) is 12.3 Å². The number of hydrogen-bond acceptors (Lipinski definition) is 5. The first-order chi connectivity index (χ1) is 11.5. The summed E-state index contributed by atoms with van der Waals surface area (Å²) < 4.78 is 16.3. The molecule has 0 rings (SSSR count). The number of esters is 1. The first kappa shape index (κ1) is 22.5. The van der Waals surface area contributed by atoms with Crippen LogP contribution >= 0.6 is 12.6 Å². The molecule has 24 heavy (non-hydrogen) atoms. The average Bonchev–Trinajstić information content (AvgIpc) is 2.58. The molecule has 0 aliphatic rings. The predicted molar refractivity (Wildman–Crippen MR) is 101 cm³/mol. The molecule has 4 nitrogen and oxygen atoms in total. The van der Waals surface area contributed by atoms with Crippen molar-refractivity contribution in [3.8, 4) is 12.3 Å². The van der Waals surface area contributed by atoms with E-state index in [0.717, 1.165) is 19.3 Å². The number of ether oxygens (including phenoxy) is 3. The van der Waals surface area contributed by atoms with Crippen molar-refractivity contribution in [1.29, 1.82) is 0 Å². The summed E-state index contributed by atoms with van der Waals surface area (Å²) in [6, 6.07) is 0. The zero-order valence-corrected chi connectivity index (χ0v) is 15.9. The van der Waals surface area contributed by atoms with Gasteiger partial charge in [0, 0.05) is 12.2 Å². The minimum absolute atomic E-state index is 0.204. The Morgan fingerprint density at radius 2 is 2.12 bits per heavy atom. The molecule has 0 fully saturated rings. The van der Waals surface area contributed by atoms with Crippen LogP contribution in [0.5, 0.6) is 0 Å². The van der Waals surface area contributed by atoms with Crippen molar-refractivity contribution in [2.45, 2.75) is 58.5 Å². The highest BCUT2D eigenvalue weighted by molar-refractivity contribution is 7.80. The highest BCUT2D eigenvalue weighted by Gasteiger charge is 2.24. The van der Waals surface area contributed by atoms with Gasteiger partial charge in [-0.15, -0.1) is 6.42 Å². The third-order valence-electron chi connectivity index (χ3n) is 3.46. The summed E-state index contributed by atoms with van der Waals surface area (Å²) in [5, 5.41) is 0. The lowest BCUT2D eigenvalue weighted by atomic mass is 9.99. The number of terminal acetylenes is 1. The standard InChI is InChI=1S/C19H30O4S/c1-5-8-10-17(6-2)23-19(4,7-3)12-15-21-13-9-14-22-18(20)11-16-24/h2,9-10,13,24H,5,7-8,11-12,14-16H2,1,3-4H3/b13-9-,17-10+/t19-/m0/s1. The summed E-state index contributed by atoms with van der Waals surface area (Å²) in [5.41, 5.74) is -0.362. The molecule has 0 aromatic rings. The molecular formula is C19H30O4S. The minimum atomic E-state index is -0.362. The molecule has 0 aliphatic carbocycles. The maximum atomic E-state index is 11.1. The van der Waals surface area contributed by atoms with Crippen molar-refractivity contribution in [1.82, 2.24) is 0 Å². The van der Waals surface area contributed by atoms with Gasteiger partial charge in [-0.2, -0.15) is 12.6 Å². The number of carbonyl (C=O) groups is 1. The van der Waals surface area contributed by atoms with E-state index >= 15 is 0 Å². The molecule has 1 atom stereocenters. The summed E-state index contributed by atoms with van der Waals surface area (Å²) >= 11 is 3.96. The van der Waals surface area contributed by atoms with Gasteiger partial charge in [0.2, 0.25) is 0 Å². The summed E-state index contributed by atoms with van der Waals surface area (Å²) in [4.78, 5) is 11.1. The fourth-order valence-corrected chi connectivity index (χ4v) is 1.91. The molecule has 0 amide bonds. The number of unbranched alkanes of at least 4 members (excludes halogenated alkanes) is 1. The van der Waals surface area contributed by atoms with Crippen LogP contribution in [-0.4, -0.2) is 30.5 Å². The second-order valence-corrected chi connectivity index (χ2v) is 6.00. The van der Waals surface area contributed by atoms with Gasteiger partial charge in [0.15, 0.2) is 5.76 Å². The zero-order valence-electron chi connectivity index (χ0n) is 15.0. The van der Waals surface area contributed by atoms with E-state index in [9.17, 15) is 4.79 Å². The minimum Gasteiger partial charge on any atom is -0.501 e. The van der Waals surface area contributed by atoms with Crippen LogP contribution in [0.4, 0.5) is 0 Å². The number of carbonyl (C=O) groups excluding carboxylic acids is 1. The van der Waals surface area contributed by atoms with Crippen molar-refractivity contribution in [3.05, 3.63) is 24.2 Å². The van der Waals surface area contributed by atoms with Crippen molar-refractivity contribution >= 4 is 18.6 Å². The van der Waals surface area contributed by atoms with Crippen molar-refractivity contribution in [3.63, 3.8) is 0 Å². The molecule has 0 spiro atoms. The smallest absolute Gasteiger partial charge is 0.306 e. The molecule has 0 radical (unpaired) electrons. The van der Waals surface area contributed by atoms with Crippen molar-refractivity contribution in [2.24, 2.45) is 0 Å². The topological polar surface area (TPSA) is 44.8 Å². The zero-order chi connectivity index (χ0) is 18.3. The summed E-state index contributed by atoms with van der Waals surface area (Å²) in [7, 11) is 0. The van der Waals surface area contributed by atoms with Crippen LogP contribution in [0.25, 0.3) is 0 Å². The normalized spacial score (nSPS) is 14.0. The lowest BCUT2D eigenvalue weighted by molar-refractivity contribution is -0.141. The Morgan fingerprint density at radius 1 is 1.38 bits per heavy atom. The number of thiol groups is 1. The van der Waals surface area contributed by atoms with E-state index < -0.39 is 0 Å². The summed E-state index contributed by atoms with van der Waals surface area (Å²) in [6.45, 7) is 6.88. The average molecular weight is 355 g/mol.